The number of aliphatic imine (C=N–C) groups is 1. The van der Waals surface area contributed by atoms with Gasteiger partial charge in [0.15, 0.2) is 0 Å². The normalized spacial score (nSPS) is 12.9. The van der Waals surface area contributed by atoms with E-state index < -0.39 is 4.92 Å². The number of allylic oxidation sites excluding steroid dienone is 2. The smallest absolute Gasteiger partial charge is 0.294 e. The topological polar surface area (TPSA) is 93.5 Å². The van der Waals surface area contributed by atoms with Crippen LogP contribution in [0.4, 0.5) is 11.4 Å². The van der Waals surface area contributed by atoms with Gasteiger partial charge < -0.3 is 11.1 Å². The Balaban J connectivity index is 3.25. The van der Waals surface area contributed by atoms with E-state index in [2.05, 4.69) is 10.3 Å². The minimum Gasteiger partial charge on any atom is -0.401 e. The quantitative estimate of drug-likeness (QED) is 0.484. The molecule has 0 unspecified atom stereocenters. The van der Waals surface area contributed by atoms with Gasteiger partial charge in [0.25, 0.3) is 5.69 Å². The van der Waals surface area contributed by atoms with Gasteiger partial charge >= 0.3 is 0 Å². The van der Waals surface area contributed by atoms with Crippen LogP contribution in [0.2, 0.25) is 0 Å². The Hall–Kier alpha value is -2.37. The molecule has 1 aromatic rings. The minimum absolute atomic E-state index is 0.0259. The van der Waals surface area contributed by atoms with Gasteiger partial charge in [0, 0.05) is 18.8 Å². The Morgan fingerprint density at radius 1 is 1.39 bits per heavy atom. The molecule has 0 aliphatic rings. The van der Waals surface area contributed by atoms with E-state index in [0.717, 1.165) is 0 Å². The van der Waals surface area contributed by atoms with Gasteiger partial charge in [-0.25, -0.2) is 4.99 Å². The van der Waals surface area contributed by atoms with Crippen molar-refractivity contribution in [1.29, 1.82) is 0 Å². The Kier molecular flexibility index (Phi) is 4.42. The zero-order chi connectivity index (χ0) is 13.7. The predicted molar refractivity (Wildman–Crippen MR) is 71.8 cm³/mol. The fraction of sp³-hybridized carbons (Fsp3) is 0.250. The molecule has 0 fully saturated rings. The number of para-hydroxylation sites is 2. The molecule has 96 valence electrons. The van der Waals surface area contributed by atoms with Crippen LogP contribution in [0.15, 0.2) is 40.7 Å². The summed E-state index contributed by atoms with van der Waals surface area (Å²) < 4.78 is 0. The third-order valence-corrected chi connectivity index (χ3v) is 2.37. The van der Waals surface area contributed by atoms with Crippen LogP contribution in [-0.2, 0) is 0 Å². The van der Waals surface area contributed by atoms with E-state index >= 15 is 0 Å². The number of nitro groups is 1. The molecule has 0 heterocycles. The summed E-state index contributed by atoms with van der Waals surface area (Å²) in [4.78, 5) is 14.7. The summed E-state index contributed by atoms with van der Waals surface area (Å²) in [6, 6.07) is 6.33. The maximum absolute atomic E-state index is 10.9. The molecule has 0 saturated heterocycles. The SMILES string of the molecule is CNC(C(C)=Nc1ccccc1[N+](=O)[O-])=C(C)N. The van der Waals surface area contributed by atoms with Crippen molar-refractivity contribution >= 4 is 17.1 Å². The summed E-state index contributed by atoms with van der Waals surface area (Å²) in [7, 11) is 1.73. The minimum atomic E-state index is -0.454. The molecule has 0 bridgehead atoms. The lowest BCUT2D eigenvalue weighted by atomic mass is 10.2. The number of benzene rings is 1. The van der Waals surface area contributed by atoms with Crippen LogP contribution in [0.25, 0.3) is 0 Å². The van der Waals surface area contributed by atoms with E-state index in [1.165, 1.54) is 6.07 Å². The molecule has 0 spiro atoms. The van der Waals surface area contributed by atoms with Gasteiger partial charge in [-0.1, -0.05) is 12.1 Å². The molecule has 1 aromatic carbocycles. The molecule has 0 saturated carbocycles. The van der Waals surface area contributed by atoms with Crippen LogP contribution in [-0.4, -0.2) is 17.7 Å². The van der Waals surface area contributed by atoms with E-state index in [4.69, 9.17) is 5.73 Å². The second-order valence-electron chi connectivity index (χ2n) is 3.75. The van der Waals surface area contributed by atoms with Crippen molar-refractivity contribution in [3.8, 4) is 0 Å². The highest BCUT2D eigenvalue weighted by atomic mass is 16.6. The van der Waals surface area contributed by atoms with Gasteiger partial charge in [0.05, 0.1) is 16.3 Å². The Bertz CT molecular complexity index is 517. The molecule has 18 heavy (non-hydrogen) atoms. The highest BCUT2D eigenvalue weighted by Gasteiger charge is 2.12. The summed E-state index contributed by atoms with van der Waals surface area (Å²) >= 11 is 0. The zero-order valence-electron chi connectivity index (χ0n) is 10.6. The highest BCUT2D eigenvalue weighted by Crippen LogP contribution is 2.26. The van der Waals surface area contributed by atoms with E-state index in [-0.39, 0.29) is 5.69 Å². The number of nitrogens with zero attached hydrogens (tertiary/aromatic N) is 2. The van der Waals surface area contributed by atoms with Gasteiger partial charge in [-0.3, -0.25) is 10.1 Å². The van der Waals surface area contributed by atoms with Crippen molar-refractivity contribution in [3.63, 3.8) is 0 Å². The Morgan fingerprint density at radius 2 is 2.00 bits per heavy atom. The second kappa shape index (κ2) is 5.81. The average Bonchev–Trinajstić information content (AvgIpc) is 2.29. The van der Waals surface area contributed by atoms with E-state index in [1.807, 2.05) is 0 Å². The van der Waals surface area contributed by atoms with Crippen LogP contribution in [0.1, 0.15) is 13.8 Å². The molecule has 0 atom stereocenters. The number of hydrogen-bond acceptors (Lipinski definition) is 5. The second-order valence-corrected chi connectivity index (χ2v) is 3.75. The van der Waals surface area contributed by atoms with Crippen molar-refractivity contribution in [2.45, 2.75) is 13.8 Å². The first kappa shape index (κ1) is 13.7. The molecule has 6 heteroatoms. The lowest BCUT2D eigenvalue weighted by Gasteiger charge is -2.08. The maximum atomic E-state index is 10.9. The van der Waals surface area contributed by atoms with Crippen LogP contribution < -0.4 is 11.1 Å². The Labute approximate surface area is 105 Å². The Morgan fingerprint density at radius 3 is 2.50 bits per heavy atom. The van der Waals surface area contributed by atoms with Crippen LogP contribution in [0.3, 0.4) is 0 Å². The summed E-state index contributed by atoms with van der Waals surface area (Å²) in [5.41, 5.74) is 7.85. The average molecular weight is 248 g/mol. The van der Waals surface area contributed by atoms with Crippen molar-refractivity contribution < 1.29 is 4.92 Å². The lowest BCUT2D eigenvalue weighted by molar-refractivity contribution is -0.384. The first-order valence-electron chi connectivity index (χ1n) is 5.40. The molecular formula is C12H16N4O2. The molecule has 3 N–H and O–H groups in total. The number of nitro benzene ring substituents is 1. The van der Waals surface area contributed by atoms with Crippen molar-refractivity contribution in [2.24, 2.45) is 10.7 Å². The molecule has 1 rings (SSSR count). The largest absolute Gasteiger partial charge is 0.401 e. The van der Waals surface area contributed by atoms with Crippen molar-refractivity contribution in [2.75, 3.05) is 7.05 Å². The molecule has 0 radical (unpaired) electrons. The number of hydrogen-bond donors (Lipinski definition) is 2. The number of nitrogens with two attached hydrogens (primary N) is 1. The van der Waals surface area contributed by atoms with E-state index in [1.54, 1.807) is 39.1 Å². The molecular weight excluding hydrogens is 232 g/mol. The predicted octanol–water partition coefficient (Wildman–Crippen LogP) is 2.10. The number of rotatable bonds is 4. The molecule has 0 aliphatic heterocycles. The highest BCUT2D eigenvalue weighted by molar-refractivity contribution is 6.00. The summed E-state index contributed by atoms with van der Waals surface area (Å²) in [6.07, 6.45) is 0. The van der Waals surface area contributed by atoms with E-state index in [0.29, 0.717) is 22.8 Å². The summed E-state index contributed by atoms with van der Waals surface area (Å²) in [5, 5.41) is 13.8. The monoisotopic (exact) mass is 248 g/mol. The molecule has 0 aromatic heterocycles. The first-order chi connectivity index (χ1) is 8.47. The fourth-order valence-electron chi connectivity index (χ4n) is 1.61. The standard InChI is InChI=1S/C12H16N4O2/c1-8(13)12(14-3)9(2)15-10-6-4-5-7-11(10)16(17)18/h4-7,14H,13H2,1-3H3. The third kappa shape index (κ3) is 3.07. The third-order valence-electron chi connectivity index (χ3n) is 2.37. The van der Waals surface area contributed by atoms with E-state index in [9.17, 15) is 10.1 Å². The van der Waals surface area contributed by atoms with Crippen LogP contribution in [0, 0.1) is 10.1 Å². The van der Waals surface area contributed by atoms with Gasteiger partial charge in [-0.15, -0.1) is 0 Å². The maximum Gasteiger partial charge on any atom is 0.294 e. The lowest BCUT2D eigenvalue weighted by Crippen LogP contribution is -2.18. The van der Waals surface area contributed by atoms with Gasteiger partial charge in [-0.2, -0.15) is 0 Å². The van der Waals surface area contributed by atoms with Crippen molar-refractivity contribution in [1.82, 2.24) is 5.32 Å². The van der Waals surface area contributed by atoms with Gasteiger partial charge in [0.1, 0.15) is 5.69 Å². The fourth-order valence-corrected chi connectivity index (χ4v) is 1.61. The molecule has 0 amide bonds. The summed E-state index contributed by atoms with van der Waals surface area (Å²) in [6.45, 7) is 3.49. The molecule has 6 nitrogen and oxygen atoms in total. The van der Waals surface area contributed by atoms with Gasteiger partial charge in [0.2, 0.25) is 0 Å². The van der Waals surface area contributed by atoms with Crippen LogP contribution in [0.5, 0.6) is 0 Å². The number of nitrogens with one attached hydrogen (secondary N) is 1. The van der Waals surface area contributed by atoms with Crippen LogP contribution >= 0.6 is 0 Å². The molecule has 0 aliphatic carbocycles. The van der Waals surface area contributed by atoms with Gasteiger partial charge in [-0.05, 0) is 19.9 Å². The van der Waals surface area contributed by atoms with Crippen molar-refractivity contribution in [3.05, 3.63) is 45.8 Å². The zero-order valence-corrected chi connectivity index (χ0v) is 10.6. The first-order valence-corrected chi connectivity index (χ1v) is 5.40. The summed E-state index contributed by atoms with van der Waals surface area (Å²) in [5.74, 6) is 0.